The Morgan fingerprint density at radius 2 is 1.67 bits per heavy atom. The molecule has 1 atom stereocenters. The lowest BCUT2D eigenvalue weighted by Crippen LogP contribution is -2.29. The van der Waals surface area contributed by atoms with E-state index in [2.05, 4.69) is 0 Å². The zero-order valence-corrected chi connectivity index (χ0v) is 21.0. The summed E-state index contributed by atoms with van der Waals surface area (Å²) in [6, 6.07) is 20.4. The van der Waals surface area contributed by atoms with Crippen molar-refractivity contribution in [1.29, 1.82) is 0 Å². The van der Waals surface area contributed by atoms with E-state index in [1.54, 1.807) is 42.5 Å². The number of amides is 1. The third kappa shape index (κ3) is 5.24. The molecule has 4 rings (SSSR count). The van der Waals surface area contributed by atoms with Gasteiger partial charge < -0.3 is 19.5 Å². The molecular weight excluding hydrogens is 478 g/mol. The number of ketones is 1. The van der Waals surface area contributed by atoms with E-state index in [1.807, 2.05) is 44.2 Å². The van der Waals surface area contributed by atoms with Gasteiger partial charge >= 0.3 is 0 Å². The van der Waals surface area contributed by atoms with E-state index in [-0.39, 0.29) is 17.9 Å². The van der Waals surface area contributed by atoms with Crippen LogP contribution in [0.5, 0.6) is 11.5 Å². The Bertz CT molecular complexity index is 1270. The summed E-state index contributed by atoms with van der Waals surface area (Å²) in [7, 11) is 0. The number of Topliss-reactive ketones (excluding diaryl/α,β-unsaturated/α-hetero) is 1. The van der Waals surface area contributed by atoms with Crippen molar-refractivity contribution in [2.45, 2.75) is 32.9 Å². The van der Waals surface area contributed by atoms with Crippen molar-refractivity contribution < 1.29 is 24.2 Å². The highest BCUT2D eigenvalue weighted by atomic mass is 35.5. The summed E-state index contributed by atoms with van der Waals surface area (Å²) in [5, 5.41) is 11.7. The highest BCUT2D eigenvalue weighted by molar-refractivity contribution is 6.46. The fourth-order valence-electron chi connectivity index (χ4n) is 4.23. The van der Waals surface area contributed by atoms with E-state index >= 15 is 0 Å². The molecule has 7 heteroatoms. The number of carbonyl (C=O) groups is 2. The minimum Gasteiger partial charge on any atom is -0.507 e. The SMILES string of the molecule is CCCOc1ccc(C2/C(=C(\O)c3ccc(Cl)cc3)C(=O)C(=O)N2Cc2ccccc2)cc1OCC. The average Bonchev–Trinajstić information content (AvgIpc) is 3.13. The molecule has 0 bridgehead atoms. The van der Waals surface area contributed by atoms with Crippen LogP contribution in [0.15, 0.2) is 78.4 Å². The number of aliphatic hydroxyl groups excluding tert-OH is 1. The maximum absolute atomic E-state index is 13.3. The van der Waals surface area contributed by atoms with E-state index in [4.69, 9.17) is 21.1 Å². The summed E-state index contributed by atoms with van der Waals surface area (Å²) in [4.78, 5) is 28.0. The first-order chi connectivity index (χ1) is 17.4. The van der Waals surface area contributed by atoms with Crippen LogP contribution in [0, 0.1) is 0 Å². The number of ether oxygens (including phenoxy) is 2. The Balaban J connectivity index is 1.86. The van der Waals surface area contributed by atoms with Gasteiger partial charge in [-0.3, -0.25) is 9.59 Å². The first-order valence-corrected chi connectivity index (χ1v) is 12.3. The Kier molecular flexibility index (Phi) is 7.96. The van der Waals surface area contributed by atoms with Crippen LogP contribution in [-0.4, -0.2) is 34.9 Å². The number of nitrogens with zero attached hydrogens (tertiary/aromatic N) is 1. The lowest BCUT2D eigenvalue weighted by molar-refractivity contribution is -0.140. The summed E-state index contributed by atoms with van der Waals surface area (Å²) in [5.41, 5.74) is 1.91. The monoisotopic (exact) mass is 505 g/mol. The Morgan fingerprint density at radius 3 is 2.33 bits per heavy atom. The summed E-state index contributed by atoms with van der Waals surface area (Å²) in [6.45, 7) is 5.04. The minimum atomic E-state index is -0.819. The van der Waals surface area contributed by atoms with Gasteiger partial charge in [0.25, 0.3) is 11.7 Å². The topological polar surface area (TPSA) is 76.1 Å². The summed E-state index contributed by atoms with van der Waals surface area (Å²) in [6.07, 6.45) is 0.839. The number of halogens is 1. The summed E-state index contributed by atoms with van der Waals surface area (Å²) < 4.78 is 11.7. The van der Waals surface area contributed by atoms with Crippen molar-refractivity contribution in [1.82, 2.24) is 4.90 Å². The third-order valence-electron chi connectivity index (χ3n) is 5.90. The zero-order chi connectivity index (χ0) is 25.7. The summed E-state index contributed by atoms with van der Waals surface area (Å²) >= 11 is 6.01. The molecule has 0 radical (unpaired) electrons. The van der Waals surface area contributed by atoms with Crippen LogP contribution in [-0.2, 0) is 16.1 Å². The van der Waals surface area contributed by atoms with E-state index in [0.717, 1.165) is 12.0 Å². The van der Waals surface area contributed by atoms with Gasteiger partial charge in [-0.05, 0) is 60.9 Å². The number of hydrogen-bond acceptors (Lipinski definition) is 5. The highest BCUT2D eigenvalue weighted by Gasteiger charge is 2.46. The molecule has 6 nitrogen and oxygen atoms in total. The van der Waals surface area contributed by atoms with Gasteiger partial charge in [0.15, 0.2) is 11.5 Å². The van der Waals surface area contributed by atoms with Crippen molar-refractivity contribution >= 4 is 29.1 Å². The maximum Gasteiger partial charge on any atom is 0.295 e. The molecule has 3 aromatic rings. The van der Waals surface area contributed by atoms with E-state index in [1.165, 1.54) is 4.90 Å². The summed E-state index contributed by atoms with van der Waals surface area (Å²) in [5.74, 6) is -0.577. The minimum absolute atomic E-state index is 0.0166. The van der Waals surface area contributed by atoms with Crippen molar-refractivity contribution in [2.75, 3.05) is 13.2 Å². The predicted molar refractivity (Wildman–Crippen MR) is 139 cm³/mol. The molecule has 3 aromatic carbocycles. The van der Waals surface area contributed by atoms with E-state index in [0.29, 0.717) is 40.9 Å². The zero-order valence-electron chi connectivity index (χ0n) is 20.2. The predicted octanol–water partition coefficient (Wildman–Crippen LogP) is 6.15. The second-order valence-corrected chi connectivity index (χ2v) is 8.84. The van der Waals surface area contributed by atoms with Crippen LogP contribution in [0.2, 0.25) is 5.02 Å². The molecule has 36 heavy (non-hydrogen) atoms. The van der Waals surface area contributed by atoms with Crippen LogP contribution >= 0.6 is 11.6 Å². The molecule has 1 heterocycles. The van der Waals surface area contributed by atoms with Crippen molar-refractivity contribution in [3.8, 4) is 11.5 Å². The number of carbonyl (C=O) groups excluding carboxylic acids is 2. The van der Waals surface area contributed by atoms with Crippen LogP contribution in [0.25, 0.3) is 5.76 Å². The van der Waals surface area contributed by atoms with Gasteiger partial charge in [-0.25, -0.2) is 0 Å². The molecule has 1 aliphatic heterocycles. The van der Waals surface area contributed by atoms with Crippen LogP contribution < -0.4 is 9.47 Å². The Morgan fingerprint density at radius 1 is 0.944 bits per heavy atom. The molecular formula is C29H28ClNO5. The van der Waals surface area contributed by atoms with Gasteiger partial charge in [0, 0.05) is 17.1 Å². The molecule has 1 saturated heterocycles. The number of likely N-dealkylation sites (tertiary alicyclic amines) is 1. The Labute approximate surface area is 215 Å². The molecule has 1 N–H and O–H groups in total. The van der Waals surface area contributed by atoms with Gasteiger partial charge in [-0.1, -0.05) is 54.9 Å². The fraction of sp³-hybridized carbons (Fsp3) is 0.241. The lowest BCUT2D eigenvalue weighted by Gasteiger charge is -2.26. The largest absolute Gasteiger partial charge is 0.507 e. The second kappa shape index (κ2) is 11.3. The molecule has 0 saturated carbocycles. The molecule has 1 amide bonds. The first-order valence-electron chi connectivity index (χ1n) is 11.9. The average molecular weight is 506 g/mol. The van der Waals surface area contributed by atoms with Crippen molar-refractivity contribution in [2.24, 2.45) is 0 Å². The number of benzene rings is 3. The van der Waals surface area contributed by atoms with Gasteiger partial charge in [-0.15, -0.1) is 0 Å². The fourth-order valence-corrected chi connectivity index (χ4v) is 4.35. The van der Waals surface area contributed by atoms with E-state index in [9.17, 15) is 14.7 Å². The second-order valence-electron chi connectivity index (χ2n) is 8.41. The quantitative estimate of drug-likeness (QED) is 0.214. The molecule has 0 aromatic heterocycles. The molecule has 0 aliphatic carbocycles. The Hall–Kier alpha value is -3.77. The van der Waals surface area contributed by atoms with Crippen molar-refractivity contribution in [3.63, 3.8) is 0 Å². The van der Waals surface area contributed by atoms with Crippen LogP contribution in [0.4, 0.5) is 0 Å². The highest BCUT2D eigenvalue weighted by Crippen LogP contribution is 2.42. The van der Waals surface area contributed by atoms with Gasteiger partial charge in [-0.2, -0.15) is 0 Å². The molecule has 186 valence electrons. The smallest absolute Gasteiger partial charge is 0.295 e. The third-order valence-corrected chi connectivity index (χ3v) is 6.15. The van der Waals surface area contributed by atoms with Gasteiger partial charge in [0.05, 0.1) is 24.8 Å². The molecule has 1 unspecified atom stereocenters. The maximum atomic E-state index is 13.3. The molecule has 0 spiro atoms. The molecule has 1 aliphatic rings. The van der Waals surface area contributed by atoms with Crippen LogP contribution in [0.3, 0.4) is 0 Å². The first kappa shape index (κ1) is 25.3. The molecule has 1 fully saturated rings. The van der Waals surface area contributed by atoms with Crippen molar-refractivity contribution in [3.05, 3.63) is 100 Å². The van der Waals surface area contributed by atoms with Gasteiger partial charge in [0.1, 0.15) is 5.76 Å². The van der Waals surface area contributed by atoms with Gasteiger partial charge in [0.2, 0.25) is 0 Å². The van der Waals surface area contributed by atoms with Crippen LogP contribution in [0.1, 0.15) is 43.0 Å². The number of hydrogen-bond donors (Lipinski definition) is 1. The number of rotatable bonds is 9. The van der Waals surface area contributed by atoms with E-state index < -0.39 is 17.7 Å². The lowest BCUT2D eigenvalue weighted by atomic mass is 9.94. The number of aliphatic hydroxyl groups is 1. The standard InChI is InChI=1S/C29H28ClNO5/c1-3-16-36-23-15-12-21(17-24(23)35-4-2)26-25(27(32)20-10-13-22(30)14-11-20)28(33)29(34)31(26)18-19-8-6-5-7-9-19/h5-15,17,26,32H,3-4,16,18H2,1-2H3/b27-25+. The normalized spacial score (nSPS) is 16.9.